The minimum absolute atomic E-state index is 0.00511. The lowest BCUT2D eigenvalue weighted by Gasteiger charge is -2.30. The van der Waals surface area contributed by atoms with Gasteiger partial charge in [-0.15, -0.1) is 0 Å². The lowest BCUT2D eigenvalue weighted by atomic mass is 9.82. The number of carbonyl (C=O) groups is 5. The monoisotopic (exact) mass is 690 g/mol. The number of amides is 4. The Kier molecular flexibility index (Phi) is 14.0. The fourth-order valence-corrected chi connectivity index (χ4v) is 5.44. The van der Waals surface area contributed by atoms with Gasteiger partial charge in [0.15, 0.2) is 0 Å². The van der Waals surface area contributed by atoms with Gasteiger partial charge in [0.2, 0.25) is 17.7 Å². The first-order valence-corrected chi connectivity index (χ1v) is 16.3. The Balaban J connectivity index is 2.01. The van der Waals surface area contributed by atoms with Gasteiger partial charge in [0.1, 0.15) is 11.6 Å². The first-order valence-electron chi connectivity index (χ1n) is 16.3. The Morgan fingerprint density at radius 3 is 2.31 bits per heavy atom. The maximum atomic E-state index is 14.1. The molecule has 11 nitrogen and oxygen atoms in total. The molecule has 4 amide bonds. The zero-order chi connectivity index (χ0) is 36.2. The van der Waals surface area contributed by atoms with Crippen molar-refractivity contribution in [1.82, 2.24) is 21.3 Å². The van der Waals surface area contributed by atoms with E-state index in [-0.39, 0.29) is 50.9 Å². The molecule has 0 saturated carbocycles. The molecule has 268 valence electrons. The van der Waals surface area contributed by atoms with Crippen molar-refractivity contribution in [1.29, 1.82) is 0 Å². The summed E-state index contributed by atoms with van der Waals surface area (Å²) >= 11 is 0. The van der Waals surface area contributed by atoms with Crippen molar-refractivity contribution in [2.45, 2.75) is 77.1 Å². The van der Waals surface area contributed by atoms with E-state index in [0.29, 0.717) is 24.0 Å². The highest BCUT2D eigenvalue weighted by Crippen LogP contribution is 2.37. The summed E-state index contributed by atoms with van der Waals surface area (Å²) in [5.74, 6) is -4.46. The average molecular weight is 691 g/mol. The molecule has 0 unspecified atom stereocenters. The van der Waals surface area contributed by atoms with Gasteiger partial charge in [-0.25, -0.2) is 4.79 Å². The molecule has 1 aliphatic rings. The van der Waals surface area contributed by atoms with Crippen molar-refractivity contribution in [3.8, 4) is 11.1 Å². The SMILES string of the molecule is CNC(=O)CNC(=O)[C@@H]1CCCCNC(=O)OCCC[C@H](C(=O)OC(C)(C)C)[C@@H](Cc2ccc(-c3ccccc3C(F)(F)F)cc2)C(=O)N1. The summed E-state index contributed by atoms with van der Waals surface area (Å²) in [6.07, 6.45) is -3.87. The van der Waals surface area contributed by atoms with Gasteiger partial charge in [-0.2, -0.15) is 13.2 Å². The van der Waals surface area contributed by atoms with Crippen molar-refractivity contribution in [3.05, 3.63) is 59.7 Å². The summed E-state index contributed by atoms with van der Waals surface area (Å²) in [5.41, 5.74) is -0.826. The standard InChI is InChI=1S/C35H45F3N4O7/c1-34(2,3)49-32(46)25-11-9-19-48-33(47)40-18-8-7-13-28(31(45)41-21-29(43)39-4)42-30(44)26(25)20-22-14-16-23(17-15-22)24-10-5-6-12-27(24)35(36,37)38/h5-6,10,12,14-17,25-26,28H,7-9,11,13,18-21H2,1-4H3,(H,39,43)(H,40,47)(H,41,45)(H,42,44)/t25-,26+,28-/m0/s1. The highest BCUT2D eigenvalue weighted by molar-refractivity contribution is 5.92. The summed E-state index contributed by atoms with van der Waals surface area (Å²) in [5, 5.41) is 10.3. The van der Waals surface area contributed by atoms with Crippen LogP contribution < -0.4 is 21.3 Å². The van der Waals surface area contributed by atoms with Crippen LogP contribution in [0.5, 0.6) is 0 Å². The molecular weight excluding hydrogens is 645 g/mol. The summed E-state index contributed by atoms with van der Waals surface area (Å²) in [6.45, 7) is 4.98. The lowest BCUT2D eigenvalue weighted by molar-refractivity contribution is -0.164. The minimum atomic E-state index is -4.56. The summed E-state index contributed by atoms with van der Waals surface area (Å²) in [7, 11) is 1.42. The third-order valence-electron chi connectivity index (χ3n) is 7.90. The number of carbonyl (C=O) groups excluding carboxylic acids is 5. The smallest absolute Gasteiger partial charge is 0.417 e. The van der Waals surface area contributed by atoms with Crippen molar-refractivity contribution < 1.29 is 46.6 Å². The number of nitrogens with one attached hydrogen (secondary N) is 4. The van der Waals surface area contributed by atoms with E-state index in [1.54, 1.807) is 32.9 Å². The fraction of sp³-hybridized carbons (Fsp3) is 0.514. The Bertz CT molecular complexity index is 1460. The molecular formula is C35H45F3N4O7. The number of esters is 1. The molecule has 4 N–H and O–H groups in total. The second-order valence-corrected chi connectivity index (χ2v) is 12.8. The maximum Gasteiger partial charge on any atom is 0.417 e. The number of benzene rings is 2. The Labute approximate surface area is 284 Å². The van der Waals surface area contributed by atoms with Crippen LogP contribution in [0.2, 0.25) is 0 Å². The fourth-order valence-electron chi connectivity index (χ4n) is 5.44. The Hall–Kier alpha value is -4.62. The van der Waals surface area contributed by atoms with Crippen molar-refractivity contribution in [2.75, 3.05) is 26.7 Å². The van der Waals surface area contributed by atoms with E-state index in [0.717, 1.165) is 6.07 Å². The number of alkyl carbamates (subject to hydrolysis) is 1. The third-order valence-corrected chi connectivity index (χ3v) is 7.90. The van der Waals surface area contributed by atoms with Crippen molar-refractivity contribution in [3.63, 3.8) is 0 Å². The number of hydrogen-bond donors (Lipinski definition) is 4. The van der Waals surface area contributed by atoms with Crippen LogP contribution in [0.25, 0.3) is 11.1 Å². The number of alkyl halides is 3. The normalized spacial score (nSPS) is 19.9. The molecule has 1 heterocycles. The van der Waals surface area contributed by atoms with Gasteiger partial charge in [-0.1, -0.05) is 42.5 Å². The van der Waals surface area contributed by atoms with Gasteiger partial charge >= 0.3 is 18.2 Å². The van der Waals surface area contributed by atoms with E-state index in [4.69, 9.17) is 9.47 Å². The predicted octanol–water partition coefficient (Wildman–Crippen LogP) is 4.53. The first kappa shape index (κ1) is 38.8. The molecule has 2 aromatic rings. The highest BCUT2D eigenvalue weighted by atomic mass is 19.4. The summed E-state index contributed by atoms with van der Waals surface area (Å²) in [4.78, 5) is 65.0. The molecule has 1 aliphatic heterocycles. The second kappa shape index (κ2) is 17.7. The highest BCUT2D eigenvalue weighted by Gasteiger charge is 2.38. The van der Waals surface area contributed by atoms with E-state index < -0.39 is 65.0 Å². The molecule has 3 atom stereocenters. The number of ether oxygens (including phenoxy) is 2. The van der Waals surface area contributed by atoms with Gasteiger partial charge in [0.25, 0.3) is 0 Å². The van der Waals surface area contributed by atoms with Crippen LogP contribution >= 0.6 is 0 Å². The molecule has 0 aromatic heterocycles. The predicted molar refractivity (Wildman–Crippen MR) is 175 cm³/mol. The van der Waals surface area contributed by atoms with Gasteiger partial charge in [-0.3, -0.25) is 19.2 Å². The largest absolute Gasteiger partial charge is 0.460 e. The molecule has 14 heteroatoms. The maximum absolute atomic E-state index is 14.1. The molecule has 0 spiro atoms. The van der Waals surface area contributed by atoms with Gasteiger partial charge in [-0.05, 0) is 82.1 Å². The third kappa shape index (κ3) is 12.4. The van der Waals surface area contributed by atoms with Crippen LogP contribution in [0.3, 0.4) is 0 Å². The van der Waals surface area contributed by atoms with Crippen molar-refractivity contribution >= 4 is 29.8 Å². The van der Waals surface area contributed by atoms with Crippen LogP contribution in [0.4, 0.5) is 18.0 Å². The number of likely N-dealkylation sites (N-methyl/N-ethyl adjacent to an activating group) is 1. The first-order chi connectivity index (χ1) is 23.1. The van der Waals surface area contributed by atoms with E-state index in [2.05, 4.69) is 21.3 Å². The van der Waals surface area contributed by atoms with Crippen LogP contribution in [0, 0.1) is 11.8 Å². The van der Waals surface area contributed by atoms with Gasteiger partial charge in [0, 0.05) is 13.6 Å². The van der Waals surface area contributed by atoms with Crippen LogP contribution in [0.15, 0.2) is 48.5 Å². The summed E-state index contributed by atoms with van der Waals surface area (Å²) < 4.78 is 52.1. The summed E-state index contributed by atoms with van der Waals surface area (Å²) in [6, 6.07) is 10.4. The molecule has 49 heavy (non-hydrogen) atoms. The van der Waals surface area contributed by atoms with Gasteiger partial charge < -0.3 is 30.7 Å². The quantitative estimate of drug-likeness (QED) is 0.312. The lowest BCUT2D eigenvalue weighted by Crippen LogP contribution is -2.52. The van der Waals surface area contributed by atoms with Crippen molar-refractivity contribution in [2.24, 2.45) is 11.8 Å². The van der Waals surface area contributed by atoms with E-state index in [1.165, 1.54) is 37.4 Å². The Morgan fingerprint density at radius 1 is 0.959 bits per heavy atom. The molecule has 0 aliphatic carbocycles. The van der Waals surface area contributed by atoms with E-state index in [1.807, 2.05) is 0 Å². The molecule has 1 saturated heterocycles. The molecule has 0 bridgehead atoms. The molecule has 3 rings (SSSR count). The number of cyclic esters (lactones) is 1. The number of halogens is 3. The zero-order valence-corrected chi connectivity index (χ0v) is 28.2. The number of rotatable bonds is 7. The zero-order valence-electron chi connectivity index (χ0n) is 28.2. The second-order valence-electron chi connectivity index (χ2n) is 12.8. The van der Waals surface area contributed by atoms with E-state index >= 15 is 0 Å². The molecule has 1 fully saturated rings. The molecule has 2 aromatic carbocycles. The number of hydrogen-bond acceptors (Lipinski definition) is 7. The van der Waals surface area contributed by atoms with E-state index in [9.17, 15) is 37.1 Å². The minimum Gasteiger partial charge on any atom is -0.460 e. The van der Waals surface area contributed by atoms with Crippen LogP contribution in [-0.4, -0.2) is 68.2 Å². The van der Waals surface area contributed by atoms with Crippen LogP contribution in [0.1, 0.15) is 64.0 Å². The van der Waals surface area contributed by atoms with Crippen LogP contribution in [-0.2, 0) is 41.2 Å². The topological polar surface area (TPSA) is 152 Å². The Morgan fingerprint density at radius 2 is 1.65 bits per heavy atom. The molecule has 0 radical (unpaired) electrons. The van der Waals surface area contributed by atoms with Gasteiger partial charge in [0.05, 0.1) is 30.6 Å². The average Bonchev–Trinajstić information content (AvgIpc) is 3.04.